The third kappa shape index (κ3) is 4.46. The van der Waals surface area contributed by atoms with E-state index < -0.39 is 0 Å². The molecule has 152 valence electrons. The van der Waals surface area contributed by atoms with E-state index in [0.29, 0.717) is 26.2 Å². The van der Waals surface area contributed by atoms with E-state index in [4.69, 9.17) is 4.74 Å². The smallest absolute Gasteiger partial charge is 0.317 e. The number of ether oxygens (including phenoxy) is 1. The van der Waals surface area contributed by atoms with Crippen molar-refractivity contribution in [3.63, 3.8) is 0 Å². The van der Waals surface area contributed by atoms with Crippen LogP contribution in [0.3, 0.4) is 0 Å². The number of carbonyl (C=O) groups is 3. The van der Waals surface area contributed by atoms with Crippen LogP contribution in [0.4, 0.5) is 10.5 Å². The van der Waals surface area contributed by atoms with Gasteiger partial charge in [0.2, 0.25) is 5.91 Å². The average molecular weight is 387 g/mol. The maximum absolute atomic E-state index is 12.7. The van der Waals surface area contributed by atoms with E-state index in [9.17, 15) is 14.4 Å². The molecule has 2 aliphatic rings. The summed E-state index contributed by atoms with van der Waals surface area (Å²) in [5.41, 5.74) is 3.18. The molecule has 28 heavy (non-hydrogen) atoms. The van der Waals surface area contributed by atoms with Gasteiger partial charge in [0.05, 0.1) is 18.6 Å². The molecule has 2 saturated heterocycles. The van der Waals surface area contributed by atoms with Crippen molar-refractivity contribution in [2.24, 2.45) is 5.92 Å². The SMILES string of the molecule is CCOC(=O)C1CCCN(C(=O)NC2CC(=O)N(c3ccc(C)c(C)c3)C2)C1. The van der Waals surface area contributed by atoms with Crippen molar-refractivity contribution >= 4 is 23.6 Å². The van der Waals surface area contributed by atoms with Crippen LogP contribution < -0.4 is 10.2 Å². The molecule has 7 heteroatoms. The molecular formula is C21H29N3O4. The normalized spacial score (nSPS) is 22.3. The molecule has 0 saturated carbocycles. The van der Waals surface area contributed by atoms with Crippen molar-refractivity contribution in [1.29, 1.82) is 0 Å². The number of piperidine rings is 1. The number of anilines is 1. The quantitative estimate of drug-likeness (QED) is 0.805. The zero-order valence-electron chi connectivity index (χ0n) is 16.9. The summed E-state index contributed by atoms with van der Waals surface area (Å²) < 4.78 is 5.09. The highest BCUT2D eigenvalue weighted by molar-refractivity contribution is 5.97. The highest BCUT2D eigenvalue weighted by atomic mass is 16.5. The van der Waals surface area contributed by atoms with Gasteiger partial charge in [-0.05, 0) is 56.9 Å². The van der Waals surface area contributed by atoms with Crippen LogP contribution >= 0.6 is 0 Å². The van der Waals surface area contributed by atoms with Gasteiger partial charge in [0.25, 0.3) is 0 Å². The second-order valence-corrected chi connectivity index (χ2v) is 7.66. The molecule has 0 radical (unpaired) electrons. The Morgan fingerprint density at radius 2 is 2.00 bits per heavy atom. The summed E-state index contributed by atoms with van der Waals surface area (Å²) in [5.74, 6) is -0.495. The number of amides is 3. The Kier molecular flexibility index (Phi) is 6.21. The minimum atomic E-state index is -0.267. The van der Waals surface area contributed by atoms with Crippen molar-refractivity contribution in [3.8, 4) is 0 Å². The van der Waals surface area contributed by atoms with E-state index >= 15 is 0 Å². The summed E-state index contributed by atoms with van der Waals surface area (Å²) in [6.07, 6.45) is 1.80. The molecule has 7 nitrogen and oxygen atoms in total. The maximum atomic E-state index is 12.7. The first-order valence-electron chi connectivity index (χ1n) is 9.98. The molecule has 1 aromatic rings. The number of hydrogen-bond acceptors (Lipinski definition) is 4. The first-order chi connectivity index (χ1) is 13.4. The van der Waals surface area contributed by atoms with Gasteiger partial charge in [-0.25, -0.2) is 4.79 Å². The summed E-state index contributed by atoms with van der Waals surface area (Å²) >= 11 is 0. The monoisotopic (exact) mass is 387 g/mol. The van der Waals surface area contributed by atoms with Crippen molar-refractivity contribution < 1.29 is 19.1 Å². The summed E-state index contributed by atoms with van der Waals surface area (Å²) in [6.45, 7) is 7.63. The van der Waals surface area contributed by atoms with E-state index in [1.165, 1.54) is 5.56 Å². The number of likely N-dealkylation sites (tertiary alicyclic amines) is 1. The molecule has 2 atom stereocenters. The fourth-order valence-corrected chi connectivity index (χ4v) is 3.83. The van der Waals surface area contributed by atoms with Crippen LogP contribution in [-0.4, -0.2) is 55.1 Å². The van der Waals surface area contributed by atoms with E-state index in [1.807, 2.05) is 32.0 Å². The number of aryl methyl sites for hydroxylation is 2. The van der Waals surface area contributed by atoms with Crippen molar-refractivity contribution in [3.05, 3.63) is 29.3 Å². The summed E-state index contributed by atoms with van der Waals surface area (Å²) in [4.78, 5) is 40.5. The van der Waals surface area contributed by atoms with Crippen LogP contribution in [0.1, 0.15) is 37.3 Å². The van der Waals surface area contributed by atoms with Gasteiger partial charge in [-0.1, -0.05) is 6.07 Å². The Morgan fingerprint density at radius 3 is 2.71 bits per heavy atom. The molecule has 0 aliphatic carbocycles. The molecule has 0 spiro atoms. The van der Waals surface area contributed by atoms with E-state index in [0.717, 1.165) is 24.1 Å². The Labute approximate surface area is 166 Å². The fraction of sp³-hybridized carbons (Fsp3) is 0.571. The van der Waals surface area contributed by atoms with Gasteiger partial charge in [-0.2, -0.15) is 0 Å². The molecule has 3 rings (SSSR count). The van der Waals surface area contributed by atoms with Gasteiger partial charge in [0.1, 0.15) is 0 Å². The summed E-state index contributed by atoms with van der Waals surface area (Å²) in [6, 6.07) is 5.51. The second-order valence-electron chi connectivity index (χ2n) is 7.66. The molecule has 2 aliphatic heterocycles. The van der Waals surface area contributed by atoms with Crippen LogP contribution in [0, 0.1) is 19.8 Å². The highest BCUT2D eigenvalue weighted by Gasteiger charge is 2.34. The van der Waals surface area contributed by atoms with Gasteiger partial charge in [0, 0.05) is 31.7 Å². The second kappa shape index (κ2) is 8.63. The van der Waals surface area contributed by atoms with Gasteiger partial charge < -0.3 is 19.9 Å². The largest absolute Gasteiger partial charge is 0.466 e. The molecule has 2 unspecified atom stereocenters. The lowest BCUT2D eigenvalue weighted by atomic mass is 9.98. The topological polar surface area (TPSA) is 79.0 Å². The first-order valence-corrected chi connectivity index (χ1v) is 9.98. The highest BCUT2D eigenvalue weighted by Crippen LogP contribution is 2.24. The van der Waals surface area contributed by atoms with Crippen molar-refractivity contribution in [2.75, 3.05) is 31.1 Å². The fourth-order valence-electron chi connectivity index (χ4n) is 3.83. The molecule has 0 bridgehead atoms. The number of urea groups is 1. The number of benzene rings is 1. The van der Waals surface area contributed by atoms with Crippen LogP contribution in [0.5, 0.6) is 0 Å². The standard InChI is InChI=1S/C21H29N3O4/c1-4-28-20(26)16-6-5-9-23(12-16)21(27)22-17-11-19(25)24(13-17)18-8-7-14(2)15(3)10-18/h7-8,10,16-17H,4-6,9,11-13H2,1-3H3,(H,22,27). The van der Waals surface area contributed by atoms with Crippen LogP contribution in [0.2, 0.25) is 0 Å². The predicted molar refractivity (Wildman–Crippen MR) is 106 cm³/mol. The maximum Gasteiger partial charge on any atom is 0.317 e. The Morgan fingerprint density at radius 1 is 1.21 bits per heavy atom. The lowest BCUT2D eigenvalue weighted by Crippen LogP contribution is -2.50. The third-order valence-corrected chi connectivity index (χ3v) is 5.58. The zero-order chi connectivity index (χ0) is 20.3. The third-order valence-electron chi connectivity index (χ3n) is 5.58. The first kappa shape index (κ1) is 20.2. The molecular weight excluding hydrogens is 358 g/mol. The number of hydrogen-bond donors (Lipinski definition) is 1. The van der Waals surface area contributed by atoms with E-state index in [-0.39, 0.29) is 36.3 Å². The Bertz CT molecular complexity index is 764. The summed E-state index contributed by atoms with van der Waals surface area (Å²) in [5, 5.41) is 2.97. The number of esters is 1. The Hall–Kier alpha value is -2.57. The lowest BCUT2D eigenvalue weighted by Gasteiger charge is -2.32. The van der Waals surface area contributed by atoms with Crippen molar-refractivity contribution in [2.45, 2.75) is 46.1 Å². The molecule has 1 N–H and O–H groups in total. The zero-order valence-corrected chi connectivity index (χ0v) is 16.9. The summed E-state index contributed by atoms with van der Waals surface area (Å²) in [7, 11) is 0. The van der Waals surface area contributed by atoms with Crippen molar-refractivity contribution in [1.82, 2.24) is 10.2 Å². The molecule has 2 fully saturated rings. The number of carbonyl (C=O) groups excluding carboxylic acids is 3. The van der Waals surface area contributed by atoms with E-state index in [1.54, 1.807) is 16.7 Å². The average Bonchev–Trinajstić information content (AvgIpc) is 3.04. The van der Waals surface area contributed by atoms with Gasteiger partial charge in [-0.15, -0.1) is 0 Å². The minimum Gasteiger partial charge on any atom is -0.466 e. The van der Waals surface area contributed by atoms with E-state index in [2.05, 4.69) is 5.32 Å². The van der Waals surface area contributed by atoms with Gasteiger partial charge in [0.15, 0.2) is 0 Å². The van der Waals surface area contributed by atoms with Crippen LogP contribution in [0.25, 0.3) is 0 Å². The molecule has 1 aromatic carbocycles. The van der Waals surface area contributed by atoms with Crippen LogP contribution in [-0.2, 0) is 14.3 Å². The Balaban J connectivity index is 1.58. The number of nitrogens with one attached hydrogen (secondary N) is 1. The van der Waals surface area contributed by atoms with Gasteiger partial charge in [-0.3, -0.25) is 9.59 Å². The van der Waals surface area contributed by atoms with Gasteiger partial charge >= 0.3 is 12.0 Å². The number of rotatable bonds is 4. The predicted octanol–water partition coefficient (Wildman–Crippen LogP) is 2.39. The molecule has 0 aromatic heterocycles. The minimum absolute atomic E-state index is 0.0107. The number of nitrogens with zero attached hydrogens (tertiary/aromatic N) is 2. The van der Waals surface area contributed by atoms with Crippen LogP contribution in [0.15, 0.2) is 18.2 Å². The molecule has 2 heterocycles. The molecule has 3 amide bonds. The lowest BCUT2D eigenvalue weighted by molar-refractivity contribution is -0.149.